The summed E-state index contributed by atoms with van der Waals surface area (Å²) >= 11 is 0. The molecule has 0 saturated heterocycles. The van der Waals surface area contributed by atoms with Crippen LogP contribution in [0.15, 0.2) is 30.5 Å². The van der Waals surface area contributed by atoms with E-state index in [4.69, 9.17) is 5.11 Å². The summed E-state index contributed by atoms with van der Waals surface area (Å²) in [4.78, 5) is 10.7. The number of nitrogens with zero attached hydrogens (tertiary/aromatic N) is 6. The molecule has 1 N–H and O–H groups in total. The van der Waals surface area contributed by atoms with E-state index in [9.17, 15) is 4.79 Å². The van der Waals surface area contributed by atoms with E-state index < -0.39 is 5.97 Å². The number of carboxylic acid groups (broad SMARTS) is 1. The second-order valence-corrected chi connectivity index (χ2v) is 3.97. The van der Waals surface area contributed by atoms with Crippen molar-refractivity contribution in [2.24, 2.45) is 0 Å². The minimum Gasteiger partial charge on any atom is -0.476 e. The van der Waals surface area contributed by atoms with Crippen LogP contribution < -0.4 is 0 Å². The lowest BCUT2D eigenvalue weighted by Crippen LogP contribution is -2.09. The quantitative estimate of drug-likeness (QED) is 0.728. The van der Waals surface area contributed by atoms with Crippen LogP contribution in [0.5, 0.6) is 0 Å². The van der Waals surface area contributed by atoms with E-state index in [-0.39, 0.29) is 5.69 Å². The maximum Gasteiger partial charge on any atom is 0.358 e. The molecule has 0 aliphatic heterocycles. The summed E-state index contributed by atoms with van der Waals surface area (Å²) in [5.74, 6) is -1.09. The predicted molar refractivity (Wildman–Crippen MR) is 64.5 cm³/mol. The third-order valence-corrected chi connectivity index (χ3v) is 2.72. The molecule has 0 unspecified atom stereocenters. The van der Waals surface area contributed by atoms with Crippen LogP contribution in [-0.2, 0) is 13.1 Å². The van der Waals surface area contributed by atoms with E-state index in [2.05, 4.69) is 20.6 Å². The number of aromatic carboxylic acids is 1. The largest absolute Gasteiger partial charge is 0.476 e. The molecule has 8 heteroatoms. The molecule has 0 bridgehead atoms. The van der Waals surface area contributed by atoms with Gasteiger partial charge < -0.3 is 5.11 Å². The lowest BCUT2D eigenvalue weighted by atomic mass is 10.3. The van der Waals surface area contributed by atoms with Gasteiger partial charge in [-0.2, -0.15) is 0 Å². The van der Waals surface area contributed by atoms with Crippen molar-refractivity contribution in [1.82, 2.24) is 30.0 Å². The van der Waals surface area contributed by atoms with Gasteiger partial charge in [0, 0.05) is 0 Å². The maximum absolute atomic E-state index is 10.7. The van der Waals surface area contributed by atoms with Crippen molar-refractivity contribution in [3.05, 3.63) is 36.2 Å². The summed E-state index contributed by atoms with van der Waals surface area (Å²) < 4.78 is 3.22. The summed E-state index contributed by atoms with van der Waals surface area (Å²) in [6.07, 6.45) is 1.39. The van der Waals surface area contributed by atoms with Crippen molar-refractivity contribution in [2.75, 3.05) is 0 Å². The first kappa shape index (κ1) is 11.3. The van der Waals surface area contributed by atoms with Crippen LogP contribution in [0.2, 0.25) is 0 Å². The van der Waals surface area contributed by atoms with E-state index in [0.29, 0.717) is 13.1 Å². The Hall–Kier alpha value is -2.77. The maximum atomic E-state index is 10.7. The third-order valence-electron chi connectivity index (χ3n) is 2.72. The Balaban J connectivity index is 1.76. The molecule has 0 saturated carbocycles. The SMILES string of the molecule is O=C(O)c1cn(CCn2nnc3ccccc32)nn1. The summed E-state index contributed by atoms with van der Waals surface area (Å²) in [6, 6.07) is 7.63. The van der Waals surface area contributed by atoms with Crippen molar-refractivity contribution in [1.29, 1.82) is 0 Å². The molecule has 0 spiro atoms. The average molecular weight is 258 g/mol. The second kappa shape index (κ2) is 4.48. The first-order valence-electron chi connectivity index (χ1n) is 5.66. The number of benzene rings is 1. The lowest BCUT2D eigenvalue weighted by molar-refractivity contribution is 0.0690. The molecule has 0 aliphatic carbocycles. The van der Waals surface area contributed by atoms with Gasteiger partial charge in [-0.15, -0.1) is 10.2 Å². The Kier molecular flexibility index (Phi) is 2.67. The van der Waals surface area contributed by atoms with Crippen LogP contribution in [0, 0.1) is 0 Å². The summed E-state index contributed by atoms with van der Waals surface area (Å²) in [5.41, 5.74) is 1.69. The molecular formula is C11H10N6O2. The number of aromatic nitrogens is 6. The Labute approximate surface area is 107 Å². The van der Waals surface area contributed by atoms with Crippen molar-refractivity contribution < 1.29 is 9.90 Å². The Bertz CT molecular complexity index is 731. The van der Waals surface area contributed by atoms with Crippen LogP contribution in [0.3, 0.4) is 0 Å². The molecule has 3 rings (SSSR count). The van der Waals surface area contributed by atoms with E-state index in [1.54, 1.807) is 4.68 Å². The van der Waals surface area contributed by atoms with Crippen LogP contribution in [0.1, 0.15) is 10.5 Å². The van der Waals surface area contributed by atoms with Crippen molar-refractivity contribution in [2.45, 2.75) is 13.1 Å². The molecule has 0 amide bonds. The standard InChI is InChI=1S/C11H10N6O2/c18-11(19)9-7-16(14-13-9)5-6-17-10-4-2-1-3-8(10)12-15-17/h1-4,7H,5-6H2,(H,18,19). The van der Waals surface area contributed by atoms with Gasteiger partial charge in [0.2, 0.25) is 0 Å². The number of carboxylic acids is 1. The van der Waals surface area contributed by atoms with Crippen molar-refractivity contribution in [3.63, 3.8) is 0 Å². The molecule has 2 heterocycles. The van der Waals surface area contributed by atoms with E-state index in [1.165, 1.54) is 10.9 Å². The van der Waals surface area contributed by atoms with Gasteiger partial charge in [-0.3, -0.25) is 0 Å². The van der Waals surface area contributed by atoms with Crippen molar-refractivity contribution >= 4 is 17.0 Å². The van der Waals surface area contributed by atoms with Gasteiger partial charge in [-0.25, -0.2) is 14.2 Å². The molecule has 19 heavy (non-hydrogen) atoms. The Morgan fingerprint density at radius 2 is 2.00 bits per heavy atom. The second-order valence-electron chi connectivity index (χ2n) is 3.97. The van der Waals surface area contributed by atoms with Gasteiger partial charge in [0.05, 0.1) is 24.8 Å². The predicted octanol–water partition coefficient (Wildman–Crippen LogP) is 0.421. The monoisotopic (exact) mass is 258 g/mol. The fourth-order valence-electron chi connectivity index (χ4n) is 1.79. The molecule has 1 aromatic carbocycles. The number of para-hydroxylation sites is 1. The number of rotatable bonds is 4. The first-order valence-corrected chi connectivity index (χ1v) is 5.66. The molecule has 2 aromatic heterocycles. The summed E-state index contributed by atoms with van der Waals surface area (Å²) in [6.45, 7) is 1.02. The molecule has 8 nitrogen and oxygen atoms in total. The number of carbonyl (C=O) groups is 1. The summed E-state index contributed by atoms with van der Waals surface area (Å²) in [7, 11) is 0. The highest BCUT2D eigenvalue weighted by Crippen LogP contribution is 2.09. The number of hydrogen-bond donors (Lipinski definition) is 1. The highest BCUT2D eigenvalue weighted by Gasteiger charge is 2.08. The smallest absolute Gasteiger partial charge is 0.358 e. The van der Waals surface area contributed by atoms with E-state index >= 15 is 0 Å². The zero-order valence-corrected chi connectivity index (χ0v) is 9.84. The van der Waals surface area contributed by atoms with Gasteiger partial charge in [0.25, 0.3) is 0 Å². The van der Waals surface area contributed by atoms with Gasteiger partial charge in [0.1, 0.15) is 5.52 Å². The average Bonchev–Trinajstić information content (AvgIpc) is 3.03. The third kappa shape index (κ3) is 2.15. The molecule has 0 aliphatic rings. The number of hydrogen-bond acceptors (Lipinski definition) is 5. The molecule has 96 valence electrons. The molecule has 3 aromatic rings. The zero-order chi connectivity index (χ0) is 13.2. The van der Waals surface area contributed by atoms with Crippen LogP contribution in [0.4, 0.5) is 0 Å². The minimum atomic E-state index is -1.09. The Morgan fingerprint density at radius 1 is 1.16 bits per heavy atom. The molecular weight excluding hydrogens is 248 g/mol. The Morgan fingerprint density at radius 3 is 2.79 bits per heavy atom. The van der Waals surface area contributed by atoms with Crippen molar-refractivity contribution in [3.8, 4) is 0 Å². The number of fused-ring (bicyclic) bond motifs is 1. The first-order chi connectivity index (χ1) is 9.24. The fourth-order valence-corrected chi connectivity index (χ4v) is 1.79. The molecule has 0 atom stereocenters. The molecule has 0 radical (unpaired) electrons. The van der Waals surface area contributed by atoms with Crippen LogP contribution in [-0.4, -0.2) is 41.1 Å². The zero-order valence-electron chi connectivity index (χ0n) is 9.84. The minimum absolute atomic E-state index is 0.0663. The van der Waals surface area contributed by atoms with Crippen LogP contribution >= 0.6 is 0 Å². The highest BCUT2D eigenvalue weighted by atomic mass is 16.4. The van der Waals surface area contributed by atoms with Gasteiger partial charge in [-0.05, 0) is 12.1 Å². The van der Waals surface area contributed by atoms with E-state index in [0.717, 1.165) is 11.0 Å². The van der Waals surface area contributed by atoms with Gasteiger partial charge >= 0.3 is 5.97 Å². The normalized spacial score (nSPS) is 10.9. The van der Waals surface area contributed by atoms with E-state index in [1.807, 2.05) is 24.3 Å². The lowest BCUT2D eigenvalue weighted by Gasteiger charge is -2.01. The number of aryl methyl sites for hydroxylation is 2. The molecule has 0 fully saturated rings. The topological polar surface area (TPSA) is 98.7 Å². The fraction of sp³-hybridized carbons (Fsp3) is 0.182. The van der Waals surface area contributed by atoms with Gasteiger partial charge in [-0.1, -0.05) is 22.6 Å². The van der Waals surface area contributed by atoms with Gasteiger partial charge in [0.15, 0.2) is 5.69 Å². The van der Waals surface area contributed by atoms with Crippen LogP contribution in [0.25, 0.3) is 11.0 Å². The summed E-state index contributed by atoms with van der Waals surface area (Å²) in [5, 5.41) is 24.1. The highest BCUT2D eigenvalue weighted by molar-refractivity contribution is 5.84.